The minimum absolute atomic E-state index is 0.225. The van der Waals surface area contributed by atoms with Crippen molar-refractivity contribution in [1.82, 2.24) is 10.9 Å². The maximum absolute atomic E-state index is 12.0. The van der Waals surface area contributed by atoms with Gasteiger partial charge < -0.3 is 4.74 Å². The van der Waals surface area contributed by atoms with Gasteiger partial charge in [-0.05, 0) is 42.7 Å². The summed E-state index contributed by atoms with van der Waals surface area (Å²) in [6.45, 7) is 2.77. The van der Waals surface area contributed by atoms with Gasteiger partial charge in [0.25, 0.3) is 5.91 Å². The SMILES string of the molecule is CCCCOc1ccc(C(=O)NNC(=O)CCc2ccccc2)cc1. The Balaban J connectivity index is 1.72. The summed E-state index contributed by atoms with van der Waals surface area (Å²) >= 11 is 0. The first-order valence-electron chi connectivity index (χ1n) is 8.55. The van der Waals surface area contributed by atoms with E-state index in [1.165, 1.54) is 0 Å². The maximum atomic E-state index is 12.0. The zero-order valence-corrected chi connectivity index (χ0v) is 14.5. The molecule has 0 fully saturated rings. The van der Waals surface area contributed by atoms with Crippen LogP contribution in [0.1, 0.15) is 42.1 Å². The summed E-state index contributed by atoms with van der Waals surface area (Å²) in [6, 6.07) is 16.6. The maximum Gasteiger partial charge on any atom is 0.269 e. The highest BCUT2D eigenvalue weighted by Crippen LogP contribution is 2.12. The Morgan fingerprint density at radius 1 is 0.960 bits per heavy atom. The Morgan fingerprint density at radius 2 is 1.68 bits per heavy atom. The molecule has 5 heteroatoms. The minimum atomic E-state index is -0.354. The van der Waals surface area contributed by atoms with Crippen molar-refractivity contribution < 1.29 is 14.3 Å². The van der Waals surface area contributed by atoms with Gasteiger partial charge in [-0.2, -0.15) is 0 Å². The van der Waals surface area contributed by atoms with Crippen molar-refractivity contribution in [3.8, 4) is 5.75 Å². The van der Waals surface area contributed by atoms with Crippen molar-refractivity contribution in [1.29, 1.82) is 0 Å². The van der Waals surface area contributed by atoms with Crippen molar-refractivity contribution >= 4 is 11.8 Å². The van der Waals surface area contributed by atoms with Crippen LogP contribution in [-0.2, 0) is 11.2 Å². The van der Waals surface area contributed by atoms with E-state index in [0.717, 1.165) is 24.2 Å². The lowest BCUT2D eigenvalue weighted by Gasteiger charge is -2.09. The fourth-order valence-electron chi connectivity index (χ4n) is 2.20. The molecule has 0 aromatic heterocycles. The minimum Gasteiger partial charge on any atom is -0.494 e. The highest BCUT2D eigenvalue weighted by atomic mass is 16.5. The highest BCUT2D eigenvalue weighted by Gasteiger charge is 2.08. The second-order valence-corrected chi connectivity index (χ2v) is 5.71. The standard InChI is InChI=1S/C20H24N2O3/c1-2-3-15-25-18-12-10-17(11-13-18)20(24)22-21-19(23)14-9-16-7-5-4-6-8-16/h4-8,10-13H,2-3,9,14-15H2,1H3,(H,21,23)(H,22,24). The molecule has 0 atom stereocenters. The van der Waals surface area contributed by atoms with Crippen molar-refractivity contribution in [2.75, 3.05) is 6.61 Å². The number of nitrogens with one attached hydrogen (secondary N) is 2. The molecule has 2 rings (SSSR count). The molecule has 0 bridgehead atoms. The van der Waals surface area contributed by atoms with Crippen LogP contribution in [0.25, 0.3) is 0 Å². The van der Waals surface area contributed by atoms with E-state index in [-0.39, 0.29) is 11.8 Å². The highest BCUT2D eigenvalue weighted by molar-refractivity contribution is 5.95. The fourth-order valence-corrected chi connectivity index (χ4v) is 2.20. The third kappa shape index (κ3) is 6.67. The van der Waals surface area contributed by atoms with Gasteiger partial charge in [0.1, 0.15) is 5.75 Å². The zero-order chi connectivity index (χ0) is 17.9. The fraction of sp³-hybridized carbons (Fsp3) is 0.300. The number of amides is 2. The van der Waals surface area contributed by atoms with Crippen LogP contribution in [-0.4, -0.2) is 18.4 Å². The van der Waals surface area contributed by atoms with Crippen LogP contribution in [0.5, 0.6) is 5.75 Å². The number of rotatable bonds is 8. The molecule has 2 amide bonds. The molecule has 0 radical (unpaired) electrons. The van der Waals surface area contributed by atoms with E-state index in [4.69, 9.17) is 4.74 Å². The van der Waals surface area contributed by atoms with E-state index in [1.54, 1.807) is 24.3 Å². The smallest absolute Gasteiger partial charge is 0.269 e. The lowest BCUT2D eigenvalue weighted by molar-refractivity contribution is -0.121. The second kappa shape index (κ2) is 10.1. The summed E-state index contributed by atoms with van der Waals surface area (Å²) < 4.78 is 5.55. The number of unbranched alkanes of at least 4 members (excludes halogenated alkanes) is 1. The van der Waals surface area contributed by atoms with Crippen molar-refractivity contribution in [2.24, 2.45) is 0 Å². The van der Waals surface area contributed by atoms with E-state index in [9.17, 15) is 9.59 Å². The van der Waals surface area contributed by atoms with Crippen LogP contribution in [0.4, 0.5) is 0 Å². The van der Waals surface area contributed by atoms with E-state index in [2.05, 4.69) is 17.8 Å². The molecule has 0 aliphatic rings. The van der Waals surface area contributed by atoms with E-state index >= 15 is 0 Å². The van der Waals surface area contributed by atoms with Crippen LogP contribution >= 0.6 is 0 Å². The molecule has 0 saturated carbocycles. The summed E-state index contributed by atoms with van der Waals surface area (Å²) in [4.78, 5) is 23.8. The van der Waals surface area contributed by atoms with Crippen LogP contribution in [0.2, 0.25) is 0 Å². The first-order chi connectivity index (χ1) is 12.2. The summed E-state index contributed by atoms with van der Waals surface area (Å²) in [5, 5.41) is 0. The molecule has 0 saturated heterocycles. The third-order valence-corrected chi connectivity index (χ3v) is 3.68. The topological polar surface area (TPSA) is 67.4 Å². The molecule has 2 N–H and O–H groups in total. The number of hydrogen-bond donors (Lipinski definition) is 2. The summed E-state index contributed by atoms with van der Waals surface area (Å²) in [5.74, 6) is 0.154. The lowest BCUT2D eigenvalue weighted by Crippen LogP contribution is -2.41. The lowest BCUT2D eigenvalue weighted by atomic mass is 10.1. The summed E-state index contributed by atoms with van der Waals surface area (Å²) in [5.41, 5.74) is 6.42. The quantitative estimate of drug-likeness (QED) is 0.572. The zero-order valence-electron chi connectivity index (χ0n) is 14.5. The van der Waals surface area contributed by atoms with Gasteiger partial charge in [0.2, 0.25) is 5.91 Å². The number of carbonyl (C=O) groups excluding carboxylic acids is 2. The largest absolute Gasteiger partial charge is 0.494 e. The number of ether oxygens (including phenoxy) is 1. The molecule has 0 unspecified atom stereocenters. The molecule has 0 spiro atoms. The predicted octanol–water partition coefficient (Wildman–Crippen LogP) is 3.26. The molecule has 132 valence electrons. The molecule has 2 aromatic carbocycles. The third-order valence-electron chi connectivity index (χ3n) is 3.68. The van der Waals surface area contributed by atoms with Gasteiger partial charge >= 0.3 is 0 Å². The molecule has 2 aromatic rings. The summed E-state index contributed by atoms with van der Waals surface area (Å²) in [7, 11) is 0. The monoisotopic (exact) mass is 340 g/mol. The van der Waals surface area contributed by atoms with Crippen LogP contribution < -0.4 is 15.6 Å². The van der Waals surface area contributed by atoms with Gasteiger partial charge in [-0.1, -0.05) is 43.7 Å². The van der Waals surface area contributed by atoms with Gasteiger partial charge in [0.15, 0.2) is 0 Å². The van der Waals surface area contributed by atoms with E-state index in [1.807, 2.05) is 30.3 Å². The number of aryl methyl sites for hydroxylation is 1. The number of hydrazine groups is 1. The van der Waals surface area contributed by atoms with E-state index in [0.29, 0.717) is 25.0 Å². The van der Waals surface area contributed by atoms with E-state index < -0.39 is 0 Å². The molecular weight excluding hydrogens is 316 g/mol. The Bertz CT molecular complexity index is 669. The van der Waals surface area contributed by atoms with Crippen LogP contribution in [0.3, 0.4) is 0 Å². The van der Waals surface area contributed by atoms with Gasteiger partial charge in [-0.3, -0.25) is 20.4 Å². The average Bonchev–Trinajstić information content (AvgIpc) is 2.66. The van der Waals surface area contributed by atoms with Gasteiger partial charge in [-0.25, -0.2) is 0 Å². The van der Waals surface area contributed by atoms with Gasteiger partial charge in [0, 0.05) is 12.0 Å². The Labute approximate surface area is 148 Å². The number of carbonyl (C=O) groups is 2. The molecule has 25 heavy (non-hydrogen) atoms. The Kier molecular flexibility index (Phi) is 7.50. The van der Waals surface area contributed by atoms with Gasteiger partial charge in [-0.15, -0.1) is 0 Å². The van der Waals surface area contributed by atoms with Crippen LogP contribution in [0.15, 0.2) is 54.6 Å². The predicted molar refractivity (Wildman–Crippen MR) is 97.2 cm³/mol. The Morgan fingerprint density at radius 3 is 2.36 bits per heavy atom. The summed E-state index contributed by atoms with van der Waals surface area (Å²) in [6.07, 6.45) is 3.02. The molecule has 0 aliphatic carbocycles. The van der Waals surface area contributed by atoms with Crippen molar-refractivity contribution in [2.45, 2.75) is 32.6 Å². The number of hydrogen-bond acceptors (Lipinski definition) is 3. The first-order valence-corrected chi connectivity index (χ1v) is 8.55. The van der Waals surface area contributed by atoms with Crippen molar-refractivity contribution in [3.05, 3.63) is 65.7 Å². The molecule has 0 heterocycles. The first kappa shape index (κ1) is 18.5. The Hall–Kier alpha value is -2.82. The molecule has 5 nitrogen and oxygen atoms in total. The average molecular weight is 340 g/mol. The molecule has 0 aliphatic heterocycles. The molecular formula is C20H24N2O3. The number of benzene rings is 2. The normalized spacial score (nSPS) is 10.1. The second-order valence-electron chi connectivity index (χ2n) is 5.71. The van der Waals surface area contributed by atoms with Crippen LogP contribution in [0, 0.1) is 0 Å². The van der Waals surface area contributed by atoms with Gasteiger partial charge in [0.05, 0.1) is 6.61 Å². The van der Waals surface area contributed by atoms with Crippen molar-refractivity contribution in [3.63, 3.8) is 0 Å².